The number of carbonyl (C=O) groups is 1. The Kier molecular flexibility index (Phi) is 3.87. The number of hydrogen-bond donors (Lipinski definition) is 2. The average molecular weight is 427 g/mol. The van der Waals surface area contributed by atoms with Crippen LogP contribution in [0.4, 0.5) is 5.69 Å². The summed E-state index contributed by atoms with van der Waals surface area (Å²) in [5, 5.41) is 8.25. The molecule has 7 heteroatoms. The summed E-state index contributed by atoms with van der Waals surface area (Å²) in [5.41, 5.74) is 0.744. The summed E-state index contributed by atoms with van der Waals surface area (Å²) >= 11 is 3.92. The molecule has 1 amide bonds. The number of rotatable bonds is 3. The molecule has 0 heterocycles. The number of alkyl halides is 1. The summed E-state index contributed by atoms with van der Waals surface area (Å²) in [5.74, 6) is 1.25. The predicted octanol–water partition coefficient (Wildman–Crippen LogP) is 3.31. The summed E-state index contributed by atoms with van der Waals surface area (Å²) in [4.78, 5) is 13.2. The number of sulfonamides is 1. The lowest BCUT2D eigenvalue weighted by Gasteiger charge is -2.59. The molecule has 0 spiro atoms. The molecule has 0 saturated heterocycles. The van der Waals surface area contributed by atoms with Crippen molar-refractivity contribution in [2.75, 3.05) is 5.32 Å². The van der Waals surface area contributed by atoms with Crippen LogP contribution in [0, 0.1) is 24.2 Å². The van der Waals surface area contributed by atoms with Crippen molar-refractivity contribution in [2.45, 2.75) is 54.7 Å². The maximum Gasteiger partial charge on any atom is 0.238 e. The number of anilines is 1. The van der Waals surface area contributed by atoms with Crippen LogP contribution in [0.5, 0.6) is 0 Å². The molecule has 4 bridgehead atoms. The number of carbonyl (C=O) groups excluding carboxylic acids is 1. The summed E-state index contributed by atoms with van der Waals surface area (Å²) in [6.07, 6.45) is 6.32. The molecule has 1 aromatic carbocycles. The fourth-order valence-corrected chi connectivity index (χ4v) is 7.92. The zero-order chi connectivity index (χ0) is 18.0. The van der Waals surface area contributed by atoms with Gasteiger partial charge in [-0.25, -0.2) is 13.6 Å². The molecule has 25 heavy (non-hydrogen) atoms. The zero-order valence-electron chi connectivity index (χ0n) is 14.2. The second kappa shape index (κ2) is 5.54. The van der Waals surface area contributed by atoms with Crippen molar-refractivity contribution in [1.29, 1.82) is 0 Å². The number of primary sulfonamides is 1. The fourth-order valence-electron chi connectivity index (χ4n) is 5.66. The molecule has 0 unspecified atom stereocenters. The monoisotopic (exact) mass is 426 g/mol. The van der Waals surface area contributed by atoms with Crippen LogP contribution in [0.25, 0.3) is 0 Å². The van der Waals surface area contributed by atoms with Crippen LogP contribution < -0.4 is 10.5 Å². The van der Waals surface area contributed by atoms with Gasteiger partial charge in [-0.1, -0.05) is 22.0 Å². The maximum absolute atomic E-state index is 13.1. The highest BCUT2D eigenvalue weighted by Gasteiger charge is 2.59. The van der Waals surface area contributed by atoms with E-state index in [1.807, 2.05) is 0 Å². The van der Waals surface area contributed by atoms with Gasteiger partial charge in [-0.15, -0.1) is 0 Å². The van der Waals surface area contributed by atoms with Crippen LogP contribution in [0.1, 0.15) is 44.1 Å². The van der Waals surface area contributed by atoms with Crippen molar-refractivity contribution >= 4 is 37.5 Å². The van der Waals surface area contributed by atoms with Gasteiger partial charge < -0.3 is 5.32 Å². The van der Waals surface area contributed by atoms with Crippen molar-refractivity contribution in [3.63, 3.8) is 0 Å². The van der Waals surface area contributed by atoms with Crippen molar-refractivity contribution in [3.8, 4) is 0 Å². The molecule has 0 radical (unpaired) electrons. The second-order valence-electron chi connectivity index (χ2n) is 8.37. The first-order valence-electron chi connectivity index (χ1n) is 8.73. The Morgan fingerprint density at radius 3 is 2.44 bits per heavy atom. The van der Waals surface area contributed by atoms with Crippen LogP contribution >= 0.6 is 15.9 Å². The lowest BCUT2D eigenvalue weighted by molar-refractivity contribution is -0.138. The van der Waals surface area contributed by atoms with E-state index < -0.39 is 10.0 Å². The number of benzene rings is 1. The van der Waals surface area contributed by atoms with E-state index in [0.29, 0.717) is 23.1 Å². The molecule has 4 fully saturated rings. The highest BCUT2D eigenvalue weighted by molar-refractivity contribution is 9.10. The molecule has 3 N–H and O–H groups in total. The summed E-state index contributed by atoms with van der Waals surface area (Å²) in [6.45, 7) is 1.69. The largest absolute Gasteiger partial charge is 0.326 e. The Morgan fingerprint density at radius 1 is 1.24 bits per heavy atom. The molecule has 0 aromatic heterocycles. The number of nitrogens with one attached hydrogen (secondary N) is 1. The minimum absolute atomic E-state index is 0.0228. The first-order valence-corrected chi connectivity index (χ1v) is 11.1. The SMILES string of the molecule is Cc1ccc(NC(=O)C23C[C@H]4C[C@@H](CC(Br)(C4)C2)C3)cc1S(N)(=O)=O. The van der Waals surface area contributed by atoms with Gasteiger partial charge in [0.2, 0.25) is 15.9 Å². The van der Waals surface area contributed by atoms with Gasteiger partial charge in [-0.2, -0.15) is 0 Å². The quantitative estimate of drug-likeness (QED) is 0.726. The summed E-state index contributed by atoms with van der Waals surface area (Å²) < 4.78 is 23.5. The lowest BCUT2D eigenvalue weighted by atomic mass is 9.49. The Morgan fingerprint density at radius 2 is 1.88 bits per heavy atom. The van der Waals surface area contributed by atoms with E-state index in [9.17, 15) is 13.2 Å². The van der Waals surface area contributed by atoms with E-state index in [2.05, 4.69) is 21.2 Å². The maximum atomic E-state index is 13.1. The van der Waals surface area contributed by atoms with Crippen molar-refractivity contribution < 1.29 is 13.2 Å². The molecule has 5 rings (SSSR count). The van der Waals surface area contributed by atoms with Gasteiger partial charge in [-0.05, 0) is 75.0 Å². The van der Waals surface area contributed by atoms with Crippen LogP contribution in [0.3, 0.4) is 0 Å². The zero-order valence-corrected chi connectivity index (χ0v) is 16.6. The number of hydrogen-bond acceptors (Lipinski definition) is 3. The molecule has 136 valence electrons. The van der Waals surface area contributed by atoms with Gasteiger partial charge in [0.1, 0.15) is 0 Å². The van der Waals surface area contributed by atoms with Gasteiger partial charge in [0, 0.05) is 10.0 Å². The topological polar surface area (TPSA) is 89.3 Å². The molecule has 5 nitrogen and oxygen atoms in total. The van der Waals surface area contributed by atoms with E-state index in [1.165, 1.54) is 25.3 Å². The van der Waals surface area contributed by atoms with Crippen molar-refractivity contribution in [2.24, 2.45) is 22.4 Å². The molecule has 1 aromatic rings. The number of amides is 1. The first-order chi connectivity index (χ1) is 11.6. The third kappa shape index (κ3) is 3.04. The van der Waals surface area contributed by atoms with E-state index in [-0.39, 0.29) is 20.5 Å². The highest BCUT2D eigenvalue weighted by atomic mass is 79.9. The molecule has 4 aliphatic rings. The van der Waals surface area contributed by atoms with Gasteiger partial charge in [0.05, 0.1) is 10.3 Å². The molecule has 0 aliphatic heterocycles. The van der Waals surface area contributed by atoms with Crippen molar-refractivity contribution in [1.82, 2.24) is 0 Å². The third-order valence-electron chi connectivity index (χ3n) is 6.22. The standard InChI is InChI=1S/C18H23BrN2O3S/c1-11-2-3-14(5-15(11)25(20,23)24)21-16(22)17-6-12-4-13(7-17)9-18(19,8-12)10-17/h2-3,5,12-13H,4,6-10H2,1H3,(H,21,22)(H2,20,23,24)/t12-,13-,17?,18?/m1/s1. The van der Waals surface area contributed by atoms with Crippen LogP contribution in [-0.4, -0.2) is 18.6 Å². The second-order valence-corrected chi connectivity index (χ2v) is 11.6. The van der Waals surface area contributed by atoms with Crippen LogP contribution in [0.2, 0.25) is 0 Å². The predicted molar refractivity (Wildman–Crippen MR) is 100.0 cm³/mol. The Hall–Kier alpha value is -0.920. The normalized spacial score (nSPS) is 36.4. The Labute approximate surface area is 156 Å². The van der Waals surface area contributed by atoms with Gasteiger partial charge in [0.25, 0.3) is 0 Å². The summed E-state index contributed by atoms with van der Waals surface area (Å²) in [6, 6.07) is 4.89. The first kappa shape index (κ1) is 17.5. The fraction of sp³-hybridized carbons (Fsp3) is 0.611. The number of halogens is 1. The van der Waals surface area contributed by atoms with E-state index in [0.717, 1.165) is 19.3 Å². The van der Waals surface area contributed by atoms with E-state index >= 15 is 0 Å². The minimum atomic E-state index is -3.81. The molecule has 2 atom stereocenters. The molecular formula is C18H23BrN2O3S. The third-order valence-corrected chi connectivity index (χ3v) is 8.20. The van der Waals surface area contributed by atoms with E-state index in [4.69, 9.17) is 5.14 Å². The van der Waals surface area contributed by atoms with Gasteiger partial charge >= 0.3 is 0 Å². The minimum Gasteiger partial charge on any atom is -0.326 e. The molecule has 4 aliphatic carbocycles. The van der Waals surface area contributed by atoms with Crippen molar-refractivity contribution in [3.05, 3.63) is 23.8 Å². The van der Waals surface area contributed by atoms with Crippen LogP contribution in [0.15, 0.2) is 23.1 Å². The van der Waals surface area contributed by atoms with Crippen LogP contribution in [-0.2, 0) is 14.8 Å². The van der Waals surface area contributed by atoms with E-state index in [1.54, 1.807) is 19.1 Å². The number of aryl methyl sites for hydroxylation is 1. The number of nitrogens with two attached hydrogens (primary N) is 1. The molecule has 4 saturated carbocycles. The molecular weight excluding hydrogens is 404 g/mol. The summed E-state index contributed by atoms with van der Waals surface area (Å²) in [7, 11) is -3.81. The van der Waals surface area contributed by atoms with Gasteiger partial charge in [0.15, 0.2) is 0 Å². The smallest absolute Gasteiger partial charge is 0.238 e. The lowest BCUT2D eigenvalue weighted by Crippen LogP contribution is -2.57. The Balaban J connectivity index is 1.61. The van der Waals surface area contributed by atoms with Gasteiger partial charge in [-0.3, -0.25) is 4.79 Å². The average Bonchev–Trinajstić information content (AvgIpc) is 2.45. The Bertz CT molecular complexity index is 838. The highest BCUT2D eigenvalue weighted by Crippen LogP contribution is 2.64.